The molecule has 0 aromatic heterocycles. The van der Waals surface area contributed by atoms with Crippen LogP contribution in [-0.4, -0.2) is 44.2 Å². The first-order valence-corrected chi connectivity index (χ1v) is 5.48. The molecule has 0 aromatic rings. The molecule has 0 bridgehead atoms. The largest absolute Gasteiger partial charge is 0.329 e. The molecule has 2 aliphatic rings. The van der Waals surface area contributed by atoms with E-state index < -0.39 is 0 Å². The molecular weight excluding hydrogens is 198 g/mol. The van der Waals surface area contributed by atoms with E-state index in [1.165, 1.54) is 45.4 Å². The van der Waals surface area contributed by atoms with Crippen LogP contribution in [0.15, 0.2) is 0 Å². The van der Waals surface area contributed by atoms with E-state index in [9.17, 15) is 0 Å². The SMILES string of the molecule is Cl.NCCN1CCC2(CCNC2)CC1. The number of likely N-dealkylation sites (tertiary alicyclic amines) is 1. The molecule has 4 heteroatoms. The fourth-order valence-electron chi connectivity index (χ4n) is 2.66. The highest BCUT2D eigenvalue weighted by Crippen LogP contribution is 2.36. The quantitative estimate of drug-likeness (QED) is 0.709. The second-order valence-electron chi connectivity index (χ2n) is 4.56. The van der Waals surface area contributed by atoms with Gasteiger partial charge in [0.25, 0.3) is 0 Å². The molecular formula is C10H22ClN3. The maximum absolute atomic E-state index is 5.55. The first kappa shape index (κ1) is 12.2. The smallest absolute Gasteiger partial charge is 0.0105 e. The summed E-state index contributed by atoms with van der Waals surface area (Å²) >= 11 is 0. The maximum Gasteiger partial charge on any atom is 0.0105 e. The minimum absolute atomic E-state index is 0. The van der Waals surface area contributed by atoms with Crippen LogP contribution in [0.25, 0.3) is 0 Å². The highest BCUT2D eigenvalue weighted by Gasteiger charge is 2.36. The molecule has 2 fully saturated rings. The average molecular weight is 220 g/mol. The Kier molecular flexibility index (Phi) is 4.64. The second kappa shape index (κ2) is 5.31. The topological polar surface area (TPSA) is 41.3 Å². The van der Waals surface area contributed by atoms with Gasteiger partial charge in [0.1, 0.15) is 0 Å². The van der Waals surface area contributed by atoms with Crippen molar-refractivity contribution < 1.29 is 0 Å². The van der Waals surface area contributed by atoms with Crippen LogP contribution in [0.3, 0.4) is 0 Å². The summed E-state index contributed by atoms with van der Waals surface area (Å²) in [6.45, 7) is 6.91. The van der Waals surface area contributed by atoms with Crippen molar-refractivity contribution >= 4 is 12.4 Å². The molecule has 3 N–H and O–H groups in total. The van der Waals surface area contributed by atoms with Gasteiger partial charge in [0.2, 0.25) is 0 Å². The van der Waals surface area contributed by atoms with Gasteiger partial charge in [-0.05, 0) is 44.3 Å². The first-order valence-electron chi connectivity index (χ1n) is 5.48. The summed E-state index contributed by atoms with van der Waals surface area (Å²) in [4.78, 5) is 2.50. The number of hydrogen-bond donors (Lipinski definition) is 2. The van der Waals surface area contributed by atoms with Gasteiger partial charge in [-0.25, -0.2) is 0 Å². The Morgan fingerprint density at radius 2 is 1.93 bits per heavy atom. The van der Waals surface area contributed by atoms with Crippen molar-refractivity contribution in [2.45, 2.75) is 19.3 Å². The Bertz CT molecular complexity index is 159. The molecule has 3 nitrogen and oxygen atoms in total. The molecule has 1 spiro atoms. The molecule has 14 heavy (non-hydrogen) atoms. The molecule has 84 valence electrons. The van der Waals surface area contributed by atoms with Gasteiger partial charge >= 0.3 is 0 Å². The van der Waals surface area contributed by atoms with E-state index in [-0.39, 0.29) is 12.4 Å². The Hall–Kier alpha value is 0.170. The van der Waals surface area contributed by atoms with E-state index in [1.807, 2.05) is 0 Å². The Morgan fingerprint density at radius 3 is 2.43 bits per heavy atom. The summed E-state index contributed by atoms with van der Waals surface area (Å²) in [5, 5.41) is 3.49. The minimum atomic E-state index is 0. The molecule has 0 aromatic carbocycles. The second-order valence-corrected chi connectivity index (χ2v) is 4.56. The molecule has 2 saturated heterocycles. The minimum Gasteiger partial charge on any atom is -0.329 e. The Balaban J connectivity index is 0.000000980. The monoisotopic (exact) mass is 219 g/mol. The Morgan fingerprint density at radius 1 is 1.21 bits per heavy atom. The van der Waals surface area contributed by atoms with Gasteiger partial charge in [0.05, 0.1) is 0 Å². The summed E-state index contributed by atoms with van der Waals surface area (Å²) in [6, 6.07) is 0. The van der Waals surface area contributed by atoms with Crippen LogP contribution >= 0.6 is 12.4 Å². The average Bonchev–Trinajstić information content (AvgIpc) is 2.59. The number of piperidine rings is 1. The number of nitrogens with two attached hydrogens (primary N) is 1. The van der Waals surface area contributed by atoms with Crippen LogP contribution in [0, 0.1) is 5.41 Å². The van der Waals surface area contributed by atoms with Crippen molar-refractivity contribution in [1.29, 1.82) is 0 Å². The van der Waals surface area contributed by atoms with E-state index in [0.29, 0.717) is 5.41 Å². The van der Waals surface area contributed by atoms with Crippen molar-refractivity contribution in [3.8, 4) is 0 Å². The fourth-order valence-corrected chi connectivity index (χ4v) is 2.66. The van der Waals surface area contributed by atoms with E-state index >= 15 is 0 Å². The zero-order chi connectivity index (χ0) is 9.15. The van der Waals surface area contributed by atoms with Gasteiger partial charge < -0.3 is 16.0 Å². The van der Waals surface area contributed by atoms with E-state index in [1.54, 1.807) is 0 Å². The molecule has 0 saturated carbocycles. The summed E-state index contributed by atoms with van der Waals surface area (Å²) in [6.07, 6.45) is 4.14. The third-order valence-corrected chi connectivity index (χ3v) is 3.69. The maximum atomic E-state index is 5.55. The van der Waals surface area contributed by atoms with E-state index in [0.717, 1.165) is 13.1 Å². The lowest BCUT2D eigenvalue weighted by Crippen LogP contribution is -2.42. The van der Waals surface area contributed by atoms with E-state index in [2.05, 4.69) is 10.2 Å². The molecule has 0 aliphatic carbocycles. The lowest BCUT2D eigenvalue weighted by molar-refractivity contribution is 0.121. The number of nitrogens with one attached hydrogen (secondary N) is 1. The van der Waals surface area contributed by atoms with E-state index in [4.69, 9.17) is 5.73 Å². The van der Waals surface area contributed by atoms with Gasteiger partial charge in [0.15, 0.2) is 0 Å². The molecule has 2 heterocycles. The van der Waals surface area contributed by atoms with Crippen molar-refractivity contribution in [2.24, 2.45) is 11.1 Å². The first-order chi connectivity index (χ1) is 6.35. The van der Waals surface area contributed by atoms with Crippen molar-refractivity contribution in [3.05, 3.63) is 0 Å². The van der Waals surface area contributed by atoms with Crippen LogP contribution in [0.2, 0.25) is 0 Å². The zero-order valence-corrected chi connectivity index (χ0v) is 9.61. The van der Waals surface area contributed by atoms with Crippen molar-refractivity contribution in [3.63, 3.8) is 0 Å². The molecule has 0 atom stereocenters. The number of nitrogens with zero attached hydrogens (tertiary/aromatic N) is 1. The molecule has 0 radical (unpaired) electrons. The molecule has 0 unspecified atom stereocenters. The summed E-state index contributed by atoms with van der Waals surface area (Å²) < 4.78 is 0. The zero-order valence-electron chi connectivity index (χ0n) is 8.80. The third kappa shape index (κ3) is 2.60. The van der Waals surface area contributed by atoms with Gasteiger partial charge in [-0.1, -0.05) is 0 Å². The number of hydrogen-bond acceptors (Lipinski definition) is 3. The number of halogens is 1. The highest BCUT2D eigenvalue weighted by molar-refractivity contribution is 5.85. The summed E-state index contributed by atoms with van der Waals surface area (Å²) in [7, 11) is 0. The normalized spacial score (nSPS) is 26.4. The van der Waals surface area contributed by atoms with Gasteiger partial charge in [-0.15, -0.1) is 12.4 Å². The molecule has 0 amide bonds. The van der Waals surface area contributed by atoms with Gasteiger partial charge in [0, 0.05) is 19.6 Å². The number of rotatable bonds is 2. The summed E-state index contributed by atoms with van der Waals surface area (Å²) in [5.74, 6) is 0. The predicted molar refractivity (Wildman–Crippen MR) is 61.9 cm³/mol. The van der Waals surface area contributed by atoms with Crippen LogP contribution in [0.1, 0.15) is 19.3 Å². The van der Waals surface area contributed by atoms with Crippen molar-refractivity contribution in [1.82, 2.24) is 10.2 Å². The summed E-state index contributed by atoms with van der Waals surface area (Å²) in [5.41, 5.74) is 6.21. The van der Waals surface area contributed by atoms with Crippen LogP contribution in [-0.2, 0) is 0 Å². The van der Waals surface area contributed by atoms with Gasteiger partial charge in [-0.2, -0.15) is 0 Å². The van der Waals surface area contributed by atoms with Crippen molar-refractivity contribution in [2.75, 3.05) is 39.3 Å². The van der Waals surface area contributed by atoms with Crippen LogP contribution in [0.4, 0.5) is 0 Å². The van der Waals surface area contributed by atoms with Crippen LogP contribution < -0.4 is 11.1 Å². The molecule has 2 aliphatic heterocycles. The lowest BCUT2D eigenvalue weighted by atomic mass is 9.78. The highest BCUT2D eigenvalue weighted by atomic mass is 35.5. The molecule has 2 rings (SSSR count). The van der Waals surface area contributed by atoms with Crippen LogP contribution in [0.5, 0.6) is 0 Å². The third-order valence-electron chi connectivity index (χ3n) is 3.69. The van der Waals surface area contributed by atoms with Gasteiger partial charge in [-0.3, -0.25) is 0 Å². The predicted octanol–water partition coefficient (Wildman–Crippen LogP) is 0.442. The standard InChI is InChI=1S/C10H21N3.ClH/c11-4-8-13-6-2-10(3-7-13)1-5-12-9-10;/h12H,1-9,11H2;1H. The Labute approximate surface area is 92.8 Å². The lowest BCUT2D eigenvalue weighted by Gasteiger charge is -2.38. The fraction of sp³-hybridized carbons (Fsp3) is 1.00.